The third kappa shape index (κ3) is 4.20. The van der Waals surface area contributed by atoms with Crippen LogP contribution in [-0.4, -0.2) is 17.3 Å². The molecule has 0 amide bonds. The van der Waals surface area contributed by atoms with Gasteiger partial charge in [0, 0.05) is 18.0 Å². The molecule has 0 radical (unpaired) electrons. The molecule has 1 aromatic heterocycles. The van der Waals surface area contributed by atoms with Gasteiger partial charge in [0.2, 0.25) is 0 Å². The number of rotatable bonds is 4. The van der Waals surface area contributed by atoms with Gasteiger partial charge in [-0.05, 0) is 0 Å². The molecule has 0 aliphatic heterocycles. The van der Waals surface area contributed by atoms with E-state index in [2.05, 4.69) is 17.6 Å². The number of thiol groups is 1. The number of hydrogen-bond acceptors (Lipinski definition) is 3. The lowest BCUT2D eigenvalue weighted by molar-refractivity contribution is 0.361. The molecular formula is C9H10ClNOS. The summed E-state index contributed by atoms with van der Waals surface area (Å²) in [6.07, 6.45) is 7.01. The Bertz CT molecular complexity index is 291. The molecule has 0 aliphatic rings. The summed E-state index contributed by atoms with van der Waals surface area (Å²) in [5, 5.41) is 0.579. The molecule has 0 unspecified atom stereocenters. The topological polar surface area (TPSA) is 22.1 Å². The van der Waals surface area contributed by atoms with Crippen molar-refractivity contribution in [2.45, 2.75) is 0 Å². The van der Waals surface area contributed by atoms with E-state index in [0.29, 0.717) is 17.4 Å². The van der Waals surface area contributed by atoms with Crippen molar-refractivity contribution in [1.29, 1.82) is 0 Å². The van der Waals surface area contributed by atoms with Crippen LogP contribution in [0.3, 0.4) is 0 Å². The smallest absolute Gasteiger partial charge is 0.139 e. The third-order valence-corrected chi connectivity index (χ3v) is 1.72. The molecule has 0 spiro atoms. The number of aromatic nitrogens is 1. The highest BCUT2D eigenvalue weighted by Gasteiger charge is 1.92. The van der Waals surface area contributed by atoms with Gasteiger partial charge in [0.05, 0.1) is 11.2 Å². The number of nitrogens with zero attached hydrogens (tertiary/aromatic N) is 1. The van der Waals surface area contributed by atoms with Crippen LogP contribution in [0.15, 0.2) is 30.6 Å². The molecule has 0 aliphatic carbocycles. The van der Waals surface area contributed by atoms with Gasteiger partial charge in [0.25, 0.3) is 0 Å². The van der Waals surface area contributed by atoms with Crippen molar-refractivity contribution in [3.63, 3.8) is 0 Å². The van der Waals surface area contributed by atoms with Crippen molar-refractivity contribution in [3.05, 3.63) is 35.6 Å². The van der Waals surface area contributed by atoms with Gasteiger partial charge < -0.3 is 4.74 Å². The highest BCUT2D eigenvalue weighted by Crippen LogP contribution is 2.14. The fourth-order valence-electron chi connectivity index (χ4n) is 0.758. The van der Waals surface area contributed by atoms with Crippen LogP contribution in [0.1, 0.15) is 0 Å². The first-order chi connectivity index (χ1) is 6.33. The molecule has 0 N–H and O–H groups in total. The van der Waals surface area contributed by atoms with Gasteiger partial charge in [-0.3, -0.25) is 4.98 Å². The fraction of sp³-hybridized carbons (Fsp3) is 0.222. The van der Waals surface area contributed by atoms with Gasteiger partial charge in [0.15, 0.2) is 0 Å². The van der Waals surface area contributed by atoms with Crippen molar-refractivity contribution in [1.82, 2.24) is 4.98 Å². The molecular weight excluding hydrogens is 206 g/mol. The highest BCUT2D eigenvalue weighted by atomic mass is 35.5. The fourth-order valence-corrected chi connectivity index (χ4v) is 1.07. The zero-order valence-electron chi connectivity index (χ0n) is 6.98. The Balaban J connectivity index is 2.41. The maximum Gasteiger partial charge on any atom is 0.139 e. The molecule has 13 heavy (non-hydrogen) atoms. The van der Waals surface area contributed by atoms with Crippen LogP contribution in [0.4, 0.5) is 0 Å². The predicted octanol–water partition coefficient (Wildman–Crippen LogP) is 2.60. The molecule has 4 heteroatoms. The van der Waals surface area contributed by atoms with Gasteiger partial charge in [0.1, 0.15) is 12.4 Å². The van der Waals surface area contributed by atoms with Crippen molar-refractivity contribution in [2.24, 2.45) is 0 Å². The Morgan fingerprint density at radius 1 is 1.46 bits per heavy atom. The summed E-state index contributed by atoms with van der Waals surface area (Å²) >= 11 is 9.73. The zero-order valence-corrected chi connectivity index (χ0v) is 8.63. The summed E-state index contributed by atoms with van der Waals surface area (Å²) in [5.41, 5.74) is 0. The summed E-state index contributed by atoms with van der Waals surface area (Å²) in [6.45, 7) is 0.516. The van der Waals surface area contributed by atoms with Crippen LogP contribution in [0.2, 0.25) is 5.02 Å². The van der Waals surface area contributed by atoms with E-state index in [1.807, 2.05) is 12.2 Å². The molecule has 0 saturated heterocycles. The summed E-state index contributed by atoms with van der Waals surface area (Å²) < 4.78 is 5.32. The Hall–Kier alpha value is -0.670. The lowest BCUT2D eigenvalue weighted by Crippen LogP contribution is -1.93. The molecule has 0 bridgehead atoms. The van der Waals surface area contributed by atoms with Gasteiger partial charge in [-0.1, -0.05) is 23.8 Å². The Morgan fingerprint density at radius 3 is 3.00 bits per heavy atom. The van der Waals surface area contributed by atoms with E-state index in [9.17, 15) is 0 Å². The number of ether oxygens (including phenoxy) is 1. The minimum absolute atomic E-state index is 0.516. The second kappa shape index (κ2) is 5.89. The molecule has 70 valence electrons. The monoisotopic (exact) mass is 215 g/mol. The third-order valence-electron chi connectivity index (χ3n) is 1.30. The largest absolute Gasteiger partial charge is 0.488 e. The first-order valence-corrected chi connectivity index (χ1v) is 4.83. The Labute approximate surface area is 88.0 Å². The van der Waals surface area contributed by atoms with E-state index in [-0.39, 0.29) is 0 Å². The first-order valence-electron chi connectivity index (χ1n) is 3.82. The first kappa shape index (κ1) is 10.4. The average Bonchev–Trinajstić information content (AvgIpc) is 2.13. The van der Waals surface area contributed by atoms with Crippen molar-refractivity contribution < 1.29 is 4.74 Å². The van der Waals surface area contributed by atoms with Crippen LogP contribution in [-0.2, 0) is 0 Å². The lowest BCUT2D eigenvalue weighted by atomic mass is 10.4. The second-order valence-corrected chi connectivity index (χ2v) is 3.11. The van der Waals surface area contributed by atoms with E-state index in [0.717, 1.165) is 5.75 Å². The average molecular weight is 216 g/mol. The van der Waals surface area contributed by atoms with Crippen LogP contribution in [0.5, 0.6) is 5.75 Å². The Morgan fingerprint density at radius 2 is 2.31 bits per heavy atom. The highest BCUT2D eigenvalue weighted by molar-refractivity contribution is 7.80. The molecule has 0 aromatic carbocycles. The maximum atomic E-state index is 5.71. The van der Waals surface area contributed by atoms with E-state index in [1.165, 1.54) is 0 Å². The normalized spacial score (nSPS) is 10.6. The van der Waals surface area contributed by atoms with Crippen LogP contribution >= 0.6 is 24.2 Å². The van der Waals surface area contributed by atoms with Crippen LogP contribution in [0.25, 0.3) is 0 Å². The summed E-state index contributed by atoms with van der Waals surface area (Å²) in [4.78, 5) is 3.89. The molecule has 0 atom stereocenters. The number of hydrogen-bond donors (Lipinski definition) is 1. The SMILES string of the molecule is SCC=CCOc1cncc(Cl)c1. The second-order valence-electron chi connectivity index (χ2n) is 2.30. The van der Waals surface area contributed by atoms with Gasteiger partial charge in [-0.15, -0.1) is 0 Å². The summed E-state index contributed by atoms with van der Waals surface area (Å²) in [5.74, 6) is 1.40. The van der Waals surface area contributed by atoms with Gasteiger partial charge in [-0.2, -0.15) is 12.6 Å². The predicted molar refractivity (Wildman–Crippen MR) is 57.7 cm³/mol. The minimum Gasteiger partial charge on any atom is -0.488 e. The van der Waals surface area contributed by atoms with Crippen LogP contribution < -0.4 is 4.74 Å². The van der Waals surface area contributed by atoms with Gasteiger partial charge >= 0.3 is 0 Å². The van der Waals surface area contributed by atoms with Crippen molar-refractivity contribution in [2.75, 3.05) is 12.4 Å². The number of pyridine rings is 1. The van der Waals surface area contributed by atoms with E-state index in [4.69, 9.17) is 16.3 Å². The van der Waals surface area contributed by atoms with Crippen molar-refractivity contribution in [3.8, 4) is 5.75 Å². The summed E-state index contributed by atoms with van der Waals surface area (Å²) in [6, 6.07) is 1.73. The molecule has 0 saturated carbocycles. The quantitative estimate of drug-likeness (QED) is 0.616. The number of halogens is 1. The van der Waals surface area contributed by atoms with Crippen LogP contribution in [0, 0.1) is 0 Å². The van der Waals surface area contributed by atoms with Gasteiger partial charge in [-0.25, -0.2) is 0 Å². The lowest BCUT2D eigenvalue weighted by Gasteiger charge is -2.01. The molecule has 1 aromatic rings. The Kier molecular flexibility index (Phi) is 4.72. The molecule has 1 heterocycles. The van der Waals surface area contributed by atoms with Crippen molar-refractivity contribution >= 4 is 24.2 Å². The molecule has 0 fully saturated rings. The maximum absolute atomic E-state index is 5.71. The van der Waals surface area contributed by atoms with E-state index < -0.39 is 0 Å². The van der Waals surface area contributed by atoms with E-state index >= 15 is 0 Å². The standard InChI is InChI=1S/C9H10ClNOS/c10-8-5-9(7-11-6-8)12-3-1-2-4-13/h1-2,5-7,13H,3-4H2. The molecule has 1 rings (SSSR count). The minimum atomic E-state index is 0.516. The summed E-state index contributed by atoms with van der Waals surface area (Å²) in [7, 11) is 0. The van der Waals surface area contributed by atoms with E-state index in [1.54, 1.807) is 18.5 Å². The molecule has 2 nitrogen and oxygen atoms in total. The zero-order chi connectivity index (χ0) is 9.52.